The fourth-order valence-electron chi connectivity index (χ4n) is 3.76. The van der Waals surface area contributed by atoms with E-state index in [-0.39, 0.29) is 30.3 Å². The zero-order valence-electron chi connectivity index (χ0n) is 17.7. The van der Waals surface area contributed by atoms with Gasteiger partial charge in [0, 0.05) is 42.6 Å². The van der Waals surface area contributed by atoms with Gasteiger partial charge in [0.15, 0.2) is 0 Å². The van der Waals surface area contributed by atoms with E-state index in [1.807, 2.05) is 13.8 Å². The lowest BCUT2D eigenvalue weighted by Crippen LogP contribution is -2.24. The fraction of sp³-hybridized carbons (Fsp3) is 0.364. The van der Waals surface area contributed by atoms with E-state index in [4.69, 9.17) is 4.74 Å². The highest BCUT2D eigenvalue weighted by molar-refractivity contribution is 7.18. The minimum absolute atomic E-state index is 0.0714. The molecule has 0 unspecified atom stereocenters. The molecule has 0 spiro atoms. The predicted molar refractivity (Wildman–Crippen MR) is 121 cm³/mol. The molecule has 2 aromatic heterocycles. The van der Waals surface area contributed by atoms with E-state index >= 15 is 0 Å². The predicted octanol–water partition coefficient (Wildman–Crippen LogP) is 3.24. The standard InChI is InChI=1S/C22H24N4O4S/c1-13-14(2)31-21-20(13)22(29)25(12-23-21)10-8-18(27)24-15-6-7-16(17(11-15)30-3)26-9-4-5-19(26)28/h6-7,11-12H,4-5,8-10H2,1-3H3,(H,24,27). The quantitative estimate of drug-likeness (QED) is 0.635. The van der Waals surface area contributed by atoms with Crippen LogP contribution in [0.4, 0.5) is 11.4 Å². The summed E-state index contributed by atoms with van der Waals surface area (Å²) in [6.07, 6.45) is 2.99. The van der Waals surface area contributed by atoms with E-state index in [0.29, 0.717) is 35.5 Å². The van der Waals surface area contributed by atoms with Crippen LogP contribution in [0.15, 0.2) is 29.3 Å². The largest absolute Gasteiger partial charge is 0.494 e. The van der Waals surface area contributed by atoms with Crippen LogP contribution in [0, 0.1) is 13.8 Å². The number of fused-ring (bicyclic) bond motifs is 1. The van der Waals surface area contributed by atoms with Crippen molar-refractivity contribution in [2.75, 3.05) is 23.9 Å². The molecule has 1 fully saturated rings. The summed E-state index contributed by atoms with van der Waals surface area (Å²) in [5.74, 6) is 0.377. The molecule has 2 amide bonds. The number of thiophene rings is 1. The smallest absolute Gasteiger partial charge is 0.262 e. The Morgan fingerprint density at radius 2 is 2.10 bits per heavy atom. The van der Waals surface area contributed by atoms with Crippen molar-refractivity contribution in [3.63, 3.8) is 0 Å². The summed E-state index contributed by atoms with van der Waals surface area (Å²) in [6.45, 7) is 4.79. The Morgan fingerprint density at radius 3 is 2.81 bits per heavy atom. The Hall–Kier alpha value is -3.20. The first-order valence-corrected chi connectivity index (χ1v) is 10.9. The fourth-order valence-corrected chi connectivity index (χ4v) is 4.74. The molecule has 0 aliphatic carbocycles. The molecule has 1 saturated heterocycles. The van der Waals surface area contributed by atoms with Gasteiger partial charge in [-0.05, 0) is 38.0 Å². The number of hydrogen-bond donors (Lipinski definition) is 1. The maximum Gasteiger partial charge on any atom is 0.262 e. The first kappa shape index (κ1) is 21.0. The summed E-state index contributed by atoms with van der Waals surface area (Å²) < 4.78 is 6.91. The van der Waals surface area contributed by atoms with Crippen molar-refractivity contribution in [3.05, 3.63) is 45.3 Å². The van der Waals surface area contributed by atoms with Gasteiger partial charge in [-0.15, -0.1) is 11.3 Å². The third kappa shape index (κ3) is 4.05. The highest BCUT2D eigenvalue weighted by Crippen LogP contribution is 2.34. The zero-order chi connectivity index (χ0) is 22.1. The lowest BCUT2D eigenvalue weighted by molar-refractivity contribution is -0.117. The van der Waals surface area contributed by atoms with Gasteiger partial charge in [-0.25, -0.2) is 4.98 Å². The SMILES string of the molecule is COc1cc(NC(=O)CCn2cnc3sc(C)c(C)c3c2=O)ccc1N1CCCC1=O. The van der Waals surface area contributed by atoms with E-state index < -0.39 is 0 Å². The minimum atomic E-state index is -0.225. The molecule has 31 heavy (non-hydrogen) atoms. The van der Waals surface area contributed by atoms with Crippen LogP contribution in [0.2, 0.25) is 0 Å². The Morgan fingerprint density at radius 1 is 1.29 bits per heavy atom. The number of carbonyl (C=O) groups is 2. The van der Waals surface area contributed by atoms with Gasteiger partial charge < -0.3 is 15.0 Å². The first-order valence-electron chi connectivity index (χ1n) is 10.1. The molecule has 1 aromatic carbocycles. The Bertz CT molecular complexity index is 1230. The lowest BCUT2D eigenvalue weighted by atomic mass is 10.2. The Kier molecular flexibility index (Phi) is 5.77. The van der Waals surface area contributed by atoms with Crippen molar-refractivity contribution in [1.82, 2.24) is 9.55 Å². The monoisotopic (exact) mass is 440 g/mol. The Labute approximate surface area is 183 Å². The van der Waals surface area contributed by atoms with Gasteiger partial charge in [-0.3, -0.25) is 19.0 Å². The van der Waals surface area contributed by atoms with Gasteiger partial charge in [-0.1, -0.05) is 0 Å². The summed E-state index contributed by atoms with van der Waals surface area (Å²) >= 11 is 1.50. The van der Waals surface area contributed by atoms with Crippen molar-refractivity contribution in [2.24, 2.45) is 0 Å². The summed E-state index contributed by atoms with van der Waals surface area (Å²) in [6, 6.07) is 5.23. The number of nitrogens with zero attached hydrogens (tertiary/aromatic N) is 3. The van der Waals surface area contributed by atoms with Crippen LogP contribution in [-0.4, -0.2) is 35.0 Å². The van der Waals surface area contributed by atoms with Crippen LogP contribution >= 0.6 is 11.3 Å². The molecular weight excluding hydrogens is 416 g/mol. The van der Waals surface area contributed by atoms with Crippen LogP contribution < -0.4 is 20.5 Å². The number of carbonyl (C=O) groups excluding carboxylic acids is 2. The molecule has 1 N–H and O–H groups in total. The number of ether oxygens (including phenoxy) is 1. The van der Waals surface area contributed by atoms with Crippen molar-refractivity contribution in [3.8, 4) is 5.75 Å². The number of aromatic nitrogens is 2. The van der Waals surface area contributed by atoms with Crippen LogP contribution in [0.5, 0.6) is 5.75 Å². The molecule has 0 atom stereocenters. The lowest BCUT2D eigenvalue weighted by Gasteiger charge is -2.19. The van der Waals surface area contributed by atoms with E-state index in [9.17, 15) is 14.4 Å². The van der Waals surface area contributed by atoms with Crippen molar-refractivity contribution >= 4 is 44.7 Å². The van der Waals surface area contributed by atoms with Crippen LogP contribution in [0.1, 0.15) is 29.7 Å². The molecule has 4 rings (SSSR count). The topological polar surface area (TPSA) is 93.5 Å². The maximum atomic E-state index is 12.8. The number of amides is 2. The van der Waals surface area contributed by atoms with Crippen LogP contribution in [0.3, 0.4) is 0 Å². The average Bonchev–Trinajstić information content (AvgIpc) is 3.30. The number of benzene rings is 1. The van der Waals surface area contributed by atoms with Gasteiger partial charge in [0.1, 0.15) is 10.6 Å². The molecular formula is C22H24N4O4S. The summed E-state index contributed by atoms with van der Waals surface area (Å²) in [5.41, 5.74) is 2.10. The summed E-state index contributed by atoms with van der Waals surface area (Å²) in [7, 11) is 1.54. The molecule has 1 aliphatic rings. The highest BCUT2D eigenvalue weighted by Gasteiger charge is 2.24. The molecule has 162 valence electrons. The van der Waals surface area contributed by atoms with Crippen LogP contribution in [-0.2, 0) is 16.1 Å². The maximum absolute atomic E-state index is 12.8. The summed E-state index contributed by atoms with van der Waals surface area (Å²) in [4.78, 5) is 45.1. The number of nitrogens with one attached hydrogen (secondary N) is 1. The van der Waals surface area contributed by atoms with E-state index in [0.717, 1.165) is 21.7 Å². The second kappa shape index (κ2) is 8.50. The summed E-state index contributed by atoms with van der Waals surface area (Å²) in [5, 5.41) is 3.46. The second-order valence-electron chi connectivity index (χ2n) is 7.54. The highest BCUT2D eigenvalue weighted by atomic mass is 32.1. The molecule has 3 aromatic rings. The number of anilines is 2. The number of aryl methyl sites for hydroxylation is 3. The van der Waals surface area contributed by atoms with Gasteiger partial charge in [-0.2, -0.15) is 0 Å². The third-order valence-corrected chi connectivity index (χ3v) is 6.68. The average molecular weight is 441 g/mol. The third-order valence-electron chi connectivity index (χ3n) is 5.56. The molecule has 0 bridgehead atoms. The first-order chi connectivity index (χ1) is 14.9. The van der Waals surface area contributed by atoms with Gasteiger partial charge in [0.05, 0.1) is 24.5 Å². The van der Waals surface area contributed by atoms with Gasteiger partial charge >= 0.3 is 0 Å². The van der Waals surface area contributed by atoms with Crippen molar-refractivity contribution in [2.45, 2.75) is 39.7 Å². The number of hydrogen-bond acceptors (Lipinski definition) is 6. The van der Waals surface area contributed by atoms with E-state index in [2.05, 4.69) is 10.3 Å². The van der Waals surface area contributed by atoms with E-state index in [1.165, 1.54) is 29.3 Å². The Balaban J connectivity index is 1.45. The molecule has 1 aliphatic heterocycles. The second-order valence-corrected chi connectivity index (χ2v) is 8.74. The van der Waals surface area contributed by atoms with E-state index in [1.54, 1.807) is 23.1 Å². The normalized spacial score (nSPS) is 13.8. The molecule has 3 heterocycles. The molecule has 8 nitrogen and oxygen atoms in total. The molecule has 0 saturated carbocycles. The van der Waals surface area contributed by atoms with Gasteiger partial charge in [0.25, 0.3) is 5.56 Å². The van der Waals surface area contributed by atoms with Gasteiger partial charge in [0.2, 0.25) is 11.8 Å². The van der Waals surface area contributed by atoms with Crippen molar-refractivity contribution in [1.29, 1.82) is 0 Å². The van der Waals surface area contributed by atoms with Crippen LogP contribution in [0.25, 0.3) is 10.2 Å². The number of rotatable bonds is 6. The number of methoxy groups -OCH3 is 1. The molecule has 9 heteroatoms. The van der Waals surface area contributed by atoms with Crippen molar-refractivity contribution < 1.29 is 14.3 Å². The molecule has 0 radical (unpaired) electrons. The zero-order valence-corrected chi connectivity index (χ0v) is 18.5. The minimum Gasteiger partial charge on any atom is -0.494 e.